The van der Waals surface area contributed by atoms with E-state index in [0.29, 0.717) is 12.0 Å². The quantitative estimate of drug-likeness (QED) is 0.780. The number of nitrogens with one attached hydrogen (secondary N) is 1. The topological polar surface area (TPSA) is 12.0 Å². The largest absolute Gasteiger partial charge is 0.314 e. The Bertz CT molecular complexity index is 422. The molecule has 0 radical (unpaired) electrons. The summed E-state index contributed by atoms with van der Waals surface area (Å²) in [6.45, 7) is 10.1. The van der Waals surface area contributed by atoms with Crippen LogP contribution in [-0.2, 0) is 0 Å². The van der Waals surface area contributed by atoms with Gasteiger partial charge in [0.1, 0.15) is 0 Å². The molecule has 1 heteroatoms. The Morgan fingerprint density at radius 1 is 0.947 bits per heavy atom. The molecule has 2 atom stereocenters. The van der Waals surface area contributed by atoms with Gasteiger partial charge in [0.25, 0.3) is 0 Å². The van der Waals surface area contributed by atoms with E-state index in [1.54, 1.807) is 5.56 Å². The molecule has 0 aliphatic heterocycles. The van der Waals surface area contributed by atoms with Crippen LogP contribution in [0.5, 0.6) is 0 Å². The van der Waals surface area contributed by atoms with Crippen molar-refractivity contribution in [2.45, 2.75) is 71.8 Å². The zero-order chi connectivity index (χ0) is 13.8. The maximum absolute atomic E-state index is 3.73. The van der Waals surface area contributed by atoms with Crippen molar-refractivity contribution < 1.29 is 0 Å². The number of aryl methyl sites for hydroxylation is 3. The lowest BCUT2D eigenvalue weighted by molar-refractivity contribution is 0.418. The fourth-order valence-corrected chi connectivity index (χ4v) is 3.57. The van der Waals surface area contributed by atoms with Crippen LogP contribution >= 0.6 is 0 Å². The minimum absolute atomic E-state index is 0.674. The molecule has 0 aromatic heterocycles. The second kappa shape index (κ2) is 6.56. The van der Waals surface area contributed by atoms with Gasteiger partial charge in [-0.05, 0) is 68.3 Å². The average molecular weight is 259 g/mol. The summed E-state index contributed by atoms with van der Waals surface area (Å²) in [5, 5.41) is 3.73. The first-order valence-electron chi connectivity index (χ1n) is 7.94. The Labute approximate surface area is 118 Å². The molecular weight excluding hydrogens is 230 g/mol. The van der Waals surface area contributed by atoms with Crippen molar-refractivity contribution in [3.63, 3.8) is 0 Å². The molecule has 0 heterocycles. The molecule has 1 fully saturated rings. The van der Waals surface area contributed by atoms with Gasteiger partial charge in [-0.3, -0.25) is 0 Å². The third-order valence-corrected chi connectivity index (χ3v) is 4.76. The first-order valence-corrected chi connectivity index (χ1v) is 7.94. The summed E-state index contributed by atoms with van der Waals surface area (Å²) in [5.41, 5.74) is 5.95. The Balaban J connectivity index is 2.32. The van der Waals surface area contributed by atoms with E-state index in [1.807, 2.05) is 0 Å². The Morgan fingerprint density at radius 3 is 2.37 bits per heavy atom. The minimum atomic E-state index is 0.674. The minimum Gasteiger partial charge on any atom is -0.314 e. The lowest BCUT2D eigenvalue weighted by Gasteiger charge is -2.28. The van der Waals surface area contributed by atoms with Gasteiger partial charge in [-0.2, -0.15) is 0 Å². The predicted octanol–water partition coefficient (Wildman–Crippen LogP) is 4.64. The smallest absolute Gasteiger partial charge is 0.0136 e. The van der Waals surface area contributed by atoms with Gasteiger partial charge in [0.2, 0.25) is 0 Å². The molecule has 1 aromatic carbocycles. The van der Waals surface area contributed by atoms with Crippen LogP contribution in [0.15, 0.2) is 12.1 Å². The summed E-state index contributed by atoms with van der Waals surface area (Å²) in [6.07, 6.45) is 6.87. The van der Waals surface area contributed by atoms with Gasteiger partial charge in [-0.1, -0.05) is 38.3 Å². The fourth-order valence-electron chi connectivity index (χ4n) is 3.57. The van der Waals surface area contributed by atoms with Crippen molar-refractivity contribution in [1.29, 1.82) is 0 Å². The number of benzene rings is 1. The van der Waals surface area contributed by atoms with Crippen molar-refractivity contribution in [2.24, 2.45) is 0 Å². The standard InChI is InChI=1S/C18H29N/c1-5-19-18-10-8-6-7-9-16(18)17-12-14(3)13(2)11-15(17)4/h11-12,16,18-19H,5-10H2,1-4H3. The molecule has 1 N–H and O–H groups in total. The highest BCUT2D eigenvalue weighted by atomic mass is 14.9. The molecule has 2 rings (SSSR count). The summed E-state index contributed by atoms with van der Waals surface area (Å²) in [6, 6.07) is 5.50. The molecule has 1 aromatic rings. The van der Waals surface area contributed by atoms with Crippen LogP contribution < -0.4 is 5.32 Å². The van der Waals surface area contributed by atoms with Crippen LogP contribution in [0.25, 0.3) is 0 Å². The Morgan fingerprint density at radius 2 is 1.63 bits per heavy atom. The first kappa shape index (κ1) is 14.6. The van der Waals surface area contributed by atoms with Crippen LogP contribution in [-0.4, -0.2) is 12.6 Å². The van der Waals surface area contributed by atoms with E-state index in [1.165, 1.54) is 48.8 Å². The summed E-state index contributed by atoms with van der Waals surface area (Å²) in [7, 11) is 0. The molecular formula is C18H29N. The van der Waals surface area contributed by atoms with Gasteiger partial charge in [0.15, 0.2) is 0 Å². The van der Waals surface area contributed by atoms with E-state index in [2.05, 4.69) is 45.1 Å². The summed E-state index contributed by atoms with van der Waals surface area (Å²) in [4.78, 5) is 0. The molecule has 19 heavy (non-hydrogen) atoms. The highest BCUT2D eigenvalue weighted by molar-refractivity contribution is 5.39. The van der Waals surface area contributed by atoms with Crippen LogP contribution in [0.3, 0.4) is 0 Å². The van der Waals surface area contributed by atoms with E-state index >= 15 is 0 Å². The maximum atomic E-state index is 3.73. The van der Waals surface area contributed by atoms with Gasteiger partial charge in [-0.25, -0.2) is 0 Å². The zero-order valence-corrected chi connectivity index (χ0v) is 13.1. The third kappa shape index (κ3) is 3.39. The van der Waals surface area contributed by atoms with E-state index in [9.17, 15) is 0 Å². The number of likely N-dealkylation sites (N-methyl/N-ethyl adjacent to an activating group) is 1. The molecule has 0 amide bonds. The van der Waals surface area contributed by atoms with Gasteiger partial charge in [0, 0.05) is 6.04 Å². The van der Waals surface area contributed by atoms with E-state index in [-0.39, 0.29) is 0 Å². The monoisotopic (exact) mass is 259 g/mol. The number of hydrogen-bond acceptors (Lipinski definition) is 1. The lowest BCUT2D eigenvalue weighted by Crippen LogP contribution is -2.34. The molecule has 1 saturated carbocycles. The van der Waals surface area contributed by atoms with Gasteiger partial charge >= 0.3 is 0 Å². The first-order chi connectivity index (χ1) is 9.13. The van der Waals surface area contributed by atoms with E-state index in [0.717, 1.165) is 6.54 Å². The maximum Gasteiger partial charge on any atom is 0.0136 e. The van der Waals surface area contributed by atoms with Crippen molar-refractivity contribution >= 4 is 0 Å². The zero-order valence-electron chi connectivity index (χ0n) is 13.1. The van der Waals surface area contributed by atoms with Gasteiger partial charge in [-0.15, -0.1) is 0 Å². The molecule has 0 spiro atoms. The van der Waals surface area contributed by atoms with Crippen molar-refractivity contribution in [3.8, 4) is 0 Å². The molecule has 106 valence electrons. The molecule has 1 aliphatic rings. The molecule has 1 nitrogen and oxygen atoms in total. The van der Waals surface area contributed by atoms with Crippen molar-refractivity contribution in [2.75, 3.05) is 6.54 Å². The predicted molar refractivity (Wildman–Crippen MR) is 83.9 cm³/mol. The second-order valence-corrected chi connectivity index (χ2v) is 6.20. The van der Waals surface area contributed by atoms with E-state index < -0.39 is 0 Å². The molecule has 2 unspecified atom stereocenters. The summed E-state index contributed by atoms with van der Waals surface area (Å²) >= 11 is 0. The summed E-state index contributed by atoms with van der Waals surface area (Å²) < 4.78 is 0. The molecule has 1 aliphatic carbocycles. The molecule has 0 saturated heterocycles. The lowest BCUT2D eigenvalue weighted by atomic mass is 9.83. The molecule has 0 bridgehead atoms. The van der Waals surface area contributed by atoms with Gasteiger partial charge < -0.3 is 5.32 Å². The normalized spacial score (nSPS) is 24.2. The van der Waals surface area contributed by atoms with Crippen LogP contribution in [0.4, 0.5) is 0 Å². The Kier molecular flexibility index (Phi) is 5.04. The van der Waals surface area contributed by atoms with Crippen molar-refractivity contribution in [1.82, 2.24) is 5.32 Å². The Hall–Kier alpha value is -0.820. The SMILES string of the molecule is CCNC1CCCCCC1c1cc(C)c(C)cc1C. The van der Waals surface area contributed by atoms with E-state index in [4.69, 9.17) is 0 Å². The average Bonchev–Trinajstić information content (AvgIpc) is 2.60. The number of rotatable bonds is 3. The van der Waals surface area contributed by atoms with Crippen LogP contribution in [0, 0.1) is 20.8 Å². The number of hydrogen-bond donors (Lipinski definition) is 1. The van der Waals surface area contributed by atoms with Gasteiger partial charge in [0.05, 0.1) is 0 Å². The van der Waals surface area contributed by atoms with Crippen molar-refractivity contribution in [3.05, 3.63) is 34.4 Å². The summed E-state index contributed by atoms with van der Waals surface area (Å²) in [5.74, 6) is 0.710. The van der Waals surface area contributed by atoms with Crippen LogP contribution in [0.2, 0.25) is 0 Å². The highest BCUT2D eigenvalue weighted by Crippen LogP contribution is 2.34. The highest BCUT2D eigenvalue weighted by Gasteiger charge is 2.25. The third-order valence-electron chi connectivity index (χ3n) is 4.76. The fraction of sp³-hybridized carbons (Fsp3) is 0.667. The second-order valence-electron chi connectivity index (χ2n) is 6.20. The van der Waals surface area contributed by atoms with Crippen LogP contribution in [0.1, 0.15) is 67.2 Å².